The zero-order valence-electron chi connectivity index (χ0n) is 10.7. The Morgan fingerprint density at radius 3 is 2.89 bits per heavy atom. The molecule has 96 valence electrons. The van der Waals surface area contributed by atoms with Gasteiger partial charge in [0.15, 0.2) is 0 Å². The van der Waals surface area contributed by atoms with Gasteiger partial charge >= 0.3 is 0 Å². The second-order valence-corrected chi connectivity index (χ2v) is 4.55. The summed E-state index contributed by atoms with van der Waals surface area (Å²) in [7, 11) is 0. The first kappa shape index (κ1) is 12.6. The van der Waals surface area contributed by atoms with E-state index in [1.807, 2.05) is 38.1 Å². The van der Waals surface area contributed by atoms with Crippen LogP contribution in [0.3, 0.4) is 0 Å². The van der Waals surface area contributed by atoms with Gasteiger partial charge in [0.05, 0.1) is 0 Å². The molecule has 4 heteroatoms. The lowest BCUT2D eigenvalue weighted by atomic mass is 10.1. The largest absolute Gasteiger partial charge is 0.487 e. The number of hydrogen-bond donors (Lipinski definition) is 1. The van der Waals surface area contributed by atoms with Crippen LogP contribution in [-0.4, -0.2) is 11.2 Å². The fourth-order valence-corrected chi connectivity index (χ4v) is 1.78. The van der Waals surface area contributed by atoms with Crippen LogP contribution in [0.2, 0.25) is 0 Å². The fourth-order valence-electron chi connectivity index (χ4n) is 1.78. The molecule has 1 aromatic heterocycles. The van der Waals surface area contributed by atoms with Gasteiger partial charge in [-0.2, -0.15) is 0 Å². The number of rotatable bonds is 5. The van der Waals surface area contributed by atoms with Crippen LogP contribution in [0.15, 0.2) is 34.9 Å². The van der Waals surface area contributed by atoms with Crippen LogP contribution in [-0.2, 0) is 13.0 Å². The smallest absolute Gasteiger partial charge is 0.134 e. The molecular weight excluding hydrogens is 228 g/mol. The highest BCUT2D eigenvalue weighted by molar-refractivity contribution is 5.29. The Hall–Kier alpha value is -1.81. The Kier molecular flexibility index (Phi) is 3.99. The van der Waals surface area contributed by atoms with E-state index in [2.05, 4.69) is 11.2 Å². The van der Waals surface area contributed by atoms with E-state index in [0.717, 1.165) is 23.6 Å². The third-order valence-corrected chi connectivity index (χ3v) is 2.52. The Labute approximate surface area is 107 Å². The minimum Gasteiger partial charge on any atom is -0.487 e. The molecule has 18 heavy (non-hydrogen) atoms. The van der Waals surface area contributed by atoms with Gasteiger partial charge in [0.1, 0.15) is 23.8 Å². The van der Waals surface area contributed by atoms with Crippen molar-refractivity contribution >= 4 is 0 Å². The minimum atomic E-state index is 0.151. The van der Waals surface area contributed by atoms with Gasteiger partial charge in [-0.3, -0.25) is 0 Å². The monoisotopic (exact) mass is 246 g/mol. The molecule has 0 spiro atoms. The third-order valence-electron chi connectivity index (χ3n) is 2.52. The molecule has 0 fully saturated rings. The quantitative estimate of drug-likeness (QED) is 0.880. The van der Waals surface area contributed by atoms with Crippen LogP contribution in [0, 0.1) is 6.92 Å². The molecule has 0 amide bonds. The molecule has 1 atom stereocenters. The van der Waals surface area contributed by atoms with Gasteiger partial charge in [0, 0.05) is 12.1 Å². The van der Waals surface area contributed by atoms with Gasteiger partial charge < -0.3 is 15.0 Å². The number of aromatic nitrogens is 1. The molecule has 2 N–H and O–H groups in total. The lowest BCUT2D eigenvalue weighted by Gasteiger charge is -2.08. The van der Waals surface area contributed by atoms with E-state index in [-0.39, 0.29) is 6.04 Å². The van der Waals surface area contributed by atoms with Crippen molar-refractivity contribution in [3.63, 3.8) is 0 Å². The molecule has 4 nitrogen and oxygen atoms in total. The van der Waals surface area contributed by atoms with Gasteiger partial charge in [-0.15, -0.1) is 0 Å². The highest BCUT2D eigenvalue weighted by atomic mass is 16.5. The second-order valence-electron chi connectivity index (χ2n) is 4.55. The molecule has 0 aliphatic rings. The van der Waals surface area contributed by atoms with Crippen LogP contribution in [0.25, 0.3) is 0 Å². The summed E-state index contributed by atoms with van der Waals surface area (Å²) < 4.78 is 10.6. The Morgan fingerprint density at radius 1 is 1.39 bits per heavy atom. The van der Waals surface area contributed by atoms with Gasteiger partial charge in [-0.05, 0) is 38.0 Å². The first-order chi connectivity index (χ1) is 8.63. The number of aryl methyl sites for hydroxylation is 1. The maximum atomic E-state index is 5.78. The lowest BCUT2D eigenvalue weighted by molar-refractivity contribution is 0.287. The third kappa shape index (κ3) is 3.60. The Bertz CT molecular complexity index is 506. The summed E-state index contributed by atoms with van der Waals surface area (Å²) in [4.78, 5) is 0. The van der Waals surface area contributed by atoms with Crippen molar-refractivity contribution in [2.24, 2.45) is 5.73 Å². The van der Waals surface area contributed by atoms with Crippen LogP contribution in [0.5, 0.6) is 5.75 Å². The standard InChI is InChI=1S/C14H18N2O2/c1-10(15)6-12-4-3-5-14(8-12)17-9-13-7-11(2)18-16-13/h3-5,7-8,10H,6,9,15H2,1-2H3. The van der Waals surface area contributed by atoms with E-state index in [0.29, 0.717) is 6.61 Å². The van der Waals surface area contributed by atoms with Crippen molar-refractivity contribution in [1.82, 2.24) is 5.16 Å². The first-order valence-electron chi connectivity index (χ1n) is 6.03. The average molecular weight is 246 g/mol. The Balaban J connectivity index is 1.96. The van der Waals surface area contributed by atoms with E-state index in [9.17, 15) is 0 Å². The zero-order valence-corrected chi connectivity index (χ0v) is 10.7. The van der Waals surface area contributed by atoms with E-state index < -0.39 is 0 Å². The van der Waals surface area contributed by atoms with Crippen molar-refractivity contribution in [3.05, 3.63) is 47.3 Å². The summed E-state index contributed by atoms with van der Waals surface area (Å²) in [5.41, 5.74) is 7.75. The summed E-state index contributed by atoms with van der Waals surface area (Å²) in [6, 6.07) is 9.98. The molecule has 0 saturated heterocycles. The van der Waals surface area contributed by atoms with Gasteiger partial charge in [-0.1, -0.05) is 17.3 Å². The topological polar surface area (TPSA) is 61.3 Å². The molecule has 0 radical (unpaired) electrons. The number of benzene rings is 1. The summed E-state index contributed by atoms with van der Waals surface area (Å²) >= 11 is 0. The summed E-state index contributed by atoms with van der Waals surface area (Å²) in [5, 5.41) is 3.88. The molecule has 0 saturated carbocycles. The molecule has 2 aromatic rings. The summed E-state index contributed by atoms with van der Waals surface area (Å²) in [5.74, 6) is 1.62. The Morgan fingerprint density at radius 2 is 2.22 bits per heavy atom. The molecule has 0 bridgehead atoms. The average Bonchev–Trinajstić information content (AvgIpc) is 2.72. The highest BCUT2D eigenvalue weighted by Gasteiger charge is 2.03. The SMILES string of the molecule is Cc1cc(COc2cccc(CC(C)N)c2)no1. The first-order valence-corrected chi connectivity index (χ1v) is 6.03. The van der Waals surface area contributed by atoms with Crippen molar-refractivity contribution in [1.29, 1.82) is 0 Å². The van der Waals surface area contributed by atoms with Crippen molar-refractivity contribution in [2.45, 2.75) is 32.9 Å². The second kappa shape index (κ2) is 5.69. The number of nitrogens with two attached hydrogens (primary N) is 1. The van der Waals surface area contributed by atoms with Crippen LogP contribution in [0.4, 0.5) is 0 Å². The molecule has 0 aliphatic carbocycles. The molecule has 1 aromatic carbocycles. The van der Waals surface area contributed by atoms with E-state index in [1.54, 1.807) is 0 Å². The molecular formula is C14H18N2O2. The predicted octanol–water partition coefficient (Wildman–Crippen LogP) is 2.45. The van der Waals surface area contributed by atoms with E-state index in [1.165, 1.54) is 5.56 Å². The number of nitrogens with zero attached hydrogens (tertiary/aromatic N) is 1. The summed E-state index contributed by atoms with van der Waals surface area (Å²) in [6.45, 7) is 4.27. The lowest BCUT2D eigenvalue weighted by Crippen LogP contribution is -2.17. The molecule has 2 rings (SSSR count). The predicted molar refractivity (Wildman–Crippen MR) is 69.4 cm³/mol. The van der Waals surface area contributed by atoms with Gasteiger partial charge in [0.2, 0.25) is 0 Å². The van der Waals surface area contributed by atoms with Crippen LogP contribution in [0.1, 0.15) is 23.9 Å². The van der Waals surface area contributed by atoms with Gasteiger partial charge in [-0.25, -0.2) is 0 Å². The summed E-state index contributed by atoms with van der Waals surface area (Å²) in [6.07, 6.45) is 0.847. The minimum absolute atomic E-state index is 0.151. The fraction of sp³-hybridized carbons (Fsp3) is 0.357. The molecule has 1 heterocycles. The maximum Gasteiger partial charge on any atom is 0.134 e. The normalized spacial score (nSPS) is 12.4. The van der Waals surface area contributed by atoms with Crippen molar-refractivity contribution < 1.29 is 9.26 Å². The molecule has 0 aliphatic heterocycles. The zero-order chi connectivity index (χ0) is 13.0. The maximum absolute atomic E-state index is 5.78. The van der Waals surface area contributed by atoms with Crippen LogP contribution < -0.4 is 10.5 Å². The van der Waals surface area contributed by atoms with Crippen LogP contribution >= 0.6 is 0 Å². The van der Waals surface area contributed by atoms with Crippen molar-refractivity contribution in [3.8, 4) is 5.75 Å². The highest BCUT2D eigenvalue weighted by Crippen LogP contribution is 2.16. The van der Waals surface area contributed by atoms with E-state index in [4.69, 9.17) is 15.0 Å². The van der Waals surface area contributed by atoms with E-state index >= 15 is 0 Å². The van der Waals surface area contributed by atoms with Crippen molar-refractivity contribution in [2.75, 3.05) is 0 Å². The number of ether oxygens (including phenoxy) is 1. The number of hydrogen-bond acceptors (Lipinski definition) is 4. The van der Waals surface area contributed by atoms with Gasteiger partial charge in [0.25, 0.3) is 0 Å². The molecule has 1 unspecified atom stereocenters.